The molecule has 0 aliphatic heterocycles. The van der Waals surface area contributed by atoms with Crippen molar-refractivity contribution in [3.05, 3.63) is 66.1 Å². The zero-order valence-corrected chi connectivity index (χ0v) is 25.4. The minimum atomic E-state index is -0.573. The van der Waals surface area contributed by atoms with Crippen molar-refractivity contribution in [3.8, 4) is 28.3 Å². The van der Waals surface area contributed by atoms with E-state index in [2.05, 4.69) is 20.6 Å². The number of methoxy groups -OCH3 is 1. The molecule has 2 aromatic carbocycles. The fourth-order valence-electron chi connectivity index (χ4n) is 6.46. The Bertz CT molecular complexity index is 1770. The molecule has 2 aliphatic carbocycles. The maximum atomic E-state index is 13.7. The molecule has 4 unspecified atom stereocenters. The summed E-state index contributed by atoms with van der Waals surface area (Å²) in [6.45, 7) is 9.57. The molecule has 6 rings (SSSR count). The highest BCUT2D eigenvalue weighted by atomic mass is 16.6. The minimum absolute atomic E-state index is 0.0136. The largest absolute Gasteiger partial charge is 0.494 e. The van der Waals surface area contributed by atoms with E-state index in [9.17, 15) is 9.59 Å². The van der Waals surface area contributed by atoms with Gasteiger partial charge in [-0.1, -0.05) is 49.8 Å². The predicted octanol–water partition coefficient (Wildman–Crippen LogP) is 5.75. The molecular formula is C33H36N6O4. The van der Waals surface area contributed by atoms with Gasteiger partial charge in [0, 0.05) is 53.4 Å². The van der Waals surface area contributed by atoms with Crippen molar-refractivity contribution in [2.45, 2.75) is 46.3 Å². The van der Waals surface area contributed by atoms with Crippen molar-refractivity contribution in [3.63, 3.8) is 0 Å². The van der Waals surface area contributed by atoms with E-state index in [-0.39, 0.29) is 29.7 Å². The summed E-state index contributed by atoms with van der Waals surface area (Å²) in [5, 5.41) is 11.6. The normalized spacial score (nSPS) is 21.0. The number of rotatable bonds is 6. The number of hydrogen-bond donors (Lipinski definition) is 2. The average Bonchev–Trinajstić information content (AvgIpc) is 3.35. The number of alkyl carbamates (subject to hydrolysis) is 1. The Morgan fingerprint density at radius 2 is 1.74 bits per heavy atom. The Balaban J connectivity index is 1.31. The van der Waals surface area contributed by atoms with Crippen molar-refractivity contribution in [2.75, 3.05) is 12.4 Å². The SMILES string of the molecule is COc1cc2ncnc(-c3cn(C)nc3-c3ccccc3)c2cc1NC(=O)C1=C2C(C)C(NC(=O)OC(C)(C)C)C2C1C. The second kappa shape index (κ2) is 10.5. The molecule has 4 aromatic rings. The van der Waals surface area contributed by atoms with Gasteiger partial charge in [-0.25, -0.2) is 14.8 Å². The highest BCUT2D eigenvalue weighted by Gasteiger charge is 2.57. The van der Waals surface area contributed by atoms with Crippen molar-refractivity contribution in [1.29, 1.82) is 0 Å². The number of carbonyl (C=O) groups is 2. The van der Waals surface area contributed by atoms with Crippen molar-refractivity contribution >= 4 is 28.6 Å². The van der Waals surface area contributed by atoms with Crippen LogP contribution in [0.15, 0.2) is 66.1 Å². The highest BCUT2D eigenvalue weighted by Crippen LogP contribution is 2.57. The highest BCUT2D eigenvalue weighted by molar-refractivity contribution is 6.09. The summed E-state index contributed by atoms with van der Waals surface area (Å²) in [4.78, 5) is 35.2. The number of amides is 2. The van der Waals surface area contributed by atoms with Gasteiger partial charge in [0.05, 0.1) is 24.0 Å². The number of fused-ring (bicyclic) bond motifs is 2. The zero-order valence-electron chi connectivity index (χ0n) is 25.4. The van der Waals surface area contributed by atoms with Gasteiger partial charge in [0.25, 0.3) is 5.91 Å². The third kappa shape index (κ3) is 5.00. The van der Waals surface area contributed by atoms with Crippen LogP contribution >= 0.6 is 0 Å². The lowest BCUT2D eigenvalue weighted by Crippen LogP contribution is -2.63. The van der Waals surface area contributed by atoms with Crippen LogP contribution < -0.4 is 15.4 Å². The molecule has 2 heterocycles. The molecule has 0 bridgehead atoms. The van der Waals surface area contributed by atoms with E-state index in [1.54, 1.807) is 11.8 Å². The van der Waals surface area contributed by atoms with Crippen LogP contribution in [0, 0.1) is 17.8 Å². The number of benzene rings is 2. The van der Waals surface area contributed by atoms with Crippen molar-refractivity contribution in [1.82, 2.24) is 25.1 Å². The van der Waals surface area contributed by atoms with E-state index in [1.807, 2.05) is 90.3 Å². The zero-order chi connectivity index (χ0) is 30.6. The maximum Gasteiger partial charge on any atom is 0.407 e. The summed E-state index contributed by atoms with van der Waals surface area (Å²) in [5.74, 6) is 0.461. The number of ether oxygens (including phenoxy) is 2. The van der Waals surface area contributed by atoms with Crippen LogP contribution in [0.1, 0.15) is 34.6 Å². The van der Waals surface area contributed by atoms with Gasteiger partial charge < -0.3 is 20.1 Å². The fourth-order valence-corrected chi connectivity index (χ4v) is 6.46. The van der Waals surface area contributed by atoms with Gasteiger partial charge in [-0.3, -0.25) is 9.48 Å². The molecule has 0 radical (unpaired) electrons. The number of nitrogens with zero attached hydrogens (tertiary/aromatic N) is 4. The molecule has 1 fully saturated rings. The lowest BCUT2D eigenvalue weighted by molar-refractivity contribution is -0.114. The first kappa shape index (κ1) is 28.4. The van der Waals surface area contributed by atoms with Crippen LogP contribution in [-0.2, 0) is 16.6 Å². The fraction of sp³-hybridized carbons (Fsp3) is 0.364. The molecule has 4 atom stereocenters. The van der Waals surface area contributed by atoms with Crippen LogP contribution in [-0.4, -0.2) is 50.5 Å². The molecule has 10 nitrogen and oxygen atoms in total. The molecular weight excluding hydrogens is 544 g/mol. The number of anilines is 1. The van der Waals surface area contributed by atoms with Crippen molar-refractivity contribution in [2.24, 2.45) is 24.8 Å². The number of hydrogen-bond acceptors (Lipinski definition) is 7. The van der Waals surface area contributed by atoms with E-state index in [1.165, 1.54) is 6.33 Å². The van der Waals surface area contributed by atoms with Crippen LogP contribution in [0.2, 0.25) is 0 Å². The number of nitrogens with one attached hydrogen (secondary N) is 2. The first-order valence-electron chi connectivity index (χ1n) is 14.4. The third-order valence-corrected chi connectivity index (χ3v) is 8.34. The first-order valence-corrected chi connectivity index (χ1v) is 14.4. The molecule has 2 amide bonds. The molecule has 2 aliphatic rings. The standard InChI is InChI=1S/C33H36N6O4/c1-17-26-25(18(2)28(26)37-32(41)43-33(3,4)5)27(17)31(40)36-23-13-20-22(14-24(23)42-7)34-16-35-30(20)21-15-39(6)38-29(21)19-11-9-8-10-12-19/h8-18,26,28H,1-7H3,(H,36,40)(H,37,41). The van der Waals surface area contributed by atoms with E-state index in [4.69, 9.17) is 14.6 Å². The van der Waals surface area contributed by atoms with Crippen molar-refractivity contribution < 1.29 is 19.1 Å². The molecule has 43 heavy (non-hydrogen) atoms. The summed E-state index contributed by atoms with van der Waals surface area (Å²) >= 11 is 0. The quantitative estimate of drug-likeness (QED) is 0.298. The van der Waals surface area contributed by atoms with E-state index < -0.39 is 11.7 Å². The van der Waals surface area contributed by atoms with Crippen LogP contribution in [0.25, 0.3) is 33.4 Å². The summed E-state index contributed by atoms with van der Waals surface area (Å²) in [5.41, 5.74) is 5.82. The smallest absolute Gasteiger partial charge is 0.407 e. The van der Waals surface area contributed by atoms with Crippen LogP contribution in [0.3, 0.4) is 0 Å². The molecule has 0 saturated heterocycles. The lowest BCUT2D eigenvalue weighted by atomic mass is 9.50. The van der Waals surface area contributed by atoms with Gasteiger partial charge in [0.2, 0.25) is 0 Å². The second-order valence-corrected chi connectivity index (χ2v) is 12.3. The van der Waals surface area contributed by atoms with Gasteiger partial charge in [0.1, 0.15) is 23.4 Å². The Hall–Kier alpha value is -4.73. The van der Waals surface area contributed by atoms with E-state index >= 15 is 0 Å². The third-order valence-electron chi connectivity index (χ3n) is 8.34. The predicted molar refractivity (Wildman–Crippen MR) is 164 cm³/mol. The minimum Gasteiger partial charge on any atom is -0.494 e. The monoisotopic (exact) mass is 580 g/mol. The lowest BCUT2D eigenvalue weighted by Gasteiger charge is -2.57. The molecule has 0 spiro atoms. The number of carbonyl (C=O) groups excluding carboxylic acids is 2. The second-order valence-electron chi connectivity index (χ2n) is 12.3. The number of aryl methyl sites for hydroxylation is 1. The molecule has 1 saturated carbocycles. The van der Waals surface area contributed by atoms with Gasteiger partial charge in [-0.15, -0.1) is 0 Å². The van der Waals surface area contributed by atoms with Gasteiger partial charge in [-0.2, -0.15) is 5.10 Å². The summed E-state index contributed by atoms with van der Waals surface area (Å²) in [6, 6.07) is 13.6. The average molecular weight is 581 g/mol. The molecule has 10 heteroatoms. The van der Waals surface area contributed by atoms with Crippen LogP contribution in [0.4, 0.5) is 10.5 Å². The van der Waals surface area contributed by atoms with Gasteiger partial charge >= 0.3 is 6.09 Å². The molecule has 222 valence electrons. The summed E-state index contributed by atoms with van der Waals surface area (Å²) in [7, 11) is 3.45. The molecule has 2 N–H and O–H groups in total. The number of aromatic nitrogens is 4. The Labute approximate surface area is 250 Å². The maximum absolute atomic E-state index is 13.7. The summed E-state index contributed by atoms with van der Waals surface area (Å²) < 4.78 is 12.9. The summed E-state index contributed by atoms with van der Waals surface area (Å²) in [6.07, 6.45) is 3.03. The van der Waals surface area contributed by atoms with Gasteiger partial charge in [-0.05, 0) is 38.7 Å². The first-order chi connectivity index (χ1) is 20.5. The van der Waals surface area contributed by atoms with Gasteiger partial charge in [0.15, 0.2) is 0 Å². The van der Waals surface area contributed by atoms with E-state index in [0.29, 0.717) is 22.6 Å². The topological polar surface area (TPSA) is 120 Å². The molecule has 2 aromatic heterocycles. The Kier molecular flexibility index (Phi) is 6.95. The Morgan fingerprint density at radius 1 is 1.00 bits per heavy atom. The van der Waals surface area contributed by atoms with Crippen LogP contribution in [0.5, 0.6) is 5.75 Å². The van der Waals surface area contributed by atoms with E-state index in [0.717, 1.165) is 33.4 Å². The Morgan fingerprint density at radius 3 is 2.44 bits per heavy atom.